The van der Waals surface area contributed by atoms with Crippen molar-refractivity contribution in [2.75, 3.05) is 18.8 Å². The Labute approximate surface area is 179 Å². The van der Waals surface area contributed by atoms with Crippen molar-refractivity contribution in [3.05, 3.63) is 0 Å². The topological polar surface area (TPSA) is 113 Å². The van der Waals surface area contributed by atoms with Crippen LogP contribution in [0.4, 0.5) is 0 Å². The number of carbonyl (C=O) groups excluding carboxylic acids is 2. The van der Waals surface area contributed by atoms with Gasteiger partial charge < -0.3 is 21.1 Å². The molecule has 1 unspecified atom stereocenters. The van der Waals surface area contributed by atoms with Crippen LogP contribution in [-0.4, -0.2) is 57.5 Å². The van der Waals surface area contributed by atoms with E-state index in [1.54, 1.807) is 6.92 Å². The minimum absolute atomic E-state index is 0.0123. The second-order valence-corrected chi connectivity index (χ2v) is 9.76. The number of carboxylic acids is 1. The zero-order valence-electron chi connectivity index (χ0n) is 18.5. The van der Waals surface area contributed by atoms with Crippen LogP contribution in [0.2, 0.25) is 0 Å². The Morgan fingerprint density at radius 1 is 1.14 bits per heavy atom. The van der Waals surface area contributed by atoms with Crippen LogP contribution in [0.5, 0.6) is 0 Å². The van der Waals surface area contributed by atoms with Crippen molar-refractivity contribution < 1.29 is 19.5 Å². The first kappa shape index (κ1) is 25.8. The number of rotatable bonds is 13. The number of unbranched alkanes of at least 4 members (excludes halogenated alkanes) is 3. The lowest BCUT2D eigenvalue weighted by Crippen LogP contribution is -2.68. The molecule has 0 aliphatic carbocycles. The molecule has 29 heavy (non-hydrogen) atoms. The summed E-state index contributed by atoms with van der Waals surface area (Å²) in [5, 5.41) is 11.7. The highest BCUT2D eigenvalue weighted by molar-refractivity contribution is 8.00. The predicted molar refractivity (Wildman–Crippen MR) is 118 cm³/mol. The molecule has 1 aliphatic heterocycles. The molecule has 8 heteroatoms. The van der Waals surface area contributed by atoms with E-state index in [0.29, 0.717) is 25.9 Å². The van der Waals surface area contributed by atoms with Gasteiger partial charge in [0.1, 0.15) is 5.66 Å². The number of carboxylic acid groups (broad SMARTS) is 1. The van der Waals surface area contributed by atoms with E-state index in [9.17, 15) is 14.4 Å². The van der Waals surface area contributed by atoms with Gasteiger partial charge in [0.05, 0.1) is 0 Å². The van der Waals surface area contributed by atoms with Gasteiger partial charge in [0.2, 0.25) is 11.8 Å². The van der Waals surface area contributed by atoms with Crippen LogP contribution in [0, 0.1) is 5.41 Å². The molecule has 0 bridgehead atoms. The van der Waals surface area contributed by atoms with Crippen LogP contribution in [0.3, 0.4) is 0 Å². The van der Waals surface area contributed by atoms with E-state index in [2.05, 4.69) is 19.2 Å². The second kappa shape index (κ2) is 11.8. The van der Waals surface area contributed by atoms with Gasteiger partial charge in [0, 0.05) is 49.3 Å². The van der Waals surface area contributed by atoms with Crippen molar-refractivity contribution in [3.8, 4) is 0 Å². The number of thioether (sulfide) groups is 1. The number of amides is 2. The predicted octanol–water partition coefficient (Wildman–Crippen LogP) is 2.97. The molecule has 1 saturated heterocycles. The molecule has 0 aromatic rings. The van der Waals surface area contributed by atoms with E-state index in [-0.39, 0.29) is 28.9 Å². The average molecular weight is 430 g/mol. The lowest BCUT2D eigenvalue weighted by atomic mass is 9.76. The second-order valence-electron chi connectivity index (χ2n) is 8.57. The highest BCUT2D eigenvalue weighted by atomic mass is 32.2. The molecule has 2 amide bonds. The average Bonchev–Trinajstić information content (AvgIpc) is 2.85. The Morgan fingerprint density at radius 3 is 2.38 bits per heavy atom. The fourth-order valence-corrected chi connectivity index (χ4v) is 5.97. The summed E-state index contributed by atoms with van der Waals surface area (Å²) in [5.41, 5.74) is 6.04. The van der Waals surface area contributed by atoms with E-state index in [0.717, 1.165) is 37.9 Å². The molecule has 2 atom stereocenters. The highest BCUT2D eigenvalue weighted by Gasteiger charge is 2.56. The molecule has 4 N–H and O–H groups in total. The Hall–Kier alpha value is -1.28. The molecule has 0 aromatic heterocycles. The van der Waals surface area contributed by atoms with Crippen molar-refractivity contribution in [1.82, 2.24) is 10.2 Å². The molecule has 1 heterocycles. The first-order valence-electron chi connectivity index (χ1n) is 10.7. The van der Waals surface area contributed by atoms with Crippen molar-refractivity contribution in [2.24, 2.45) is 11.1 Å². The fraction of sp³-hybridized carbons (Fsp3) is 0.857. The third kappa shape index (κ3) is 7.17. The molecular weight excluding hydrogens is 390 g/mol. The fourth-order valence-electron chi connectivity index (χ4n) is 4.08. The molecule has 0 radical (unpaired) electrons. The van der Waals surface area contributed by atoms with Crippen molar-refractivity contribution >= 4 is 29.5 Å². The normalized spacial score (nSPS) is 23.0. The Balaban J connectivity index is 2.36. The Kier molecular flexibility index (Phi) is 10.5. The summed E-state index contributed by atoms with van der Waals surface area (Å²) >= 11 is 1.84. The van der Waals surface area contributed by atoms with Crippen molar-refractivity contribution in [3.63, 3.8) is 0 Å². The zero-order chi connectivity index (χ0) is 22.1. The number of aliphatic carboxylic acids is 1. The molecule has 7 nitrogen and oxygen atoms in total. The van der Waals surface area contributed by atoms with Gasteiger partial charge in [-0.3, -0.25) is 14.4 Å². The van der Waals surface area contributed by atoms with Gasteiger partial charge in [-0.25, -0.2) is 0 Å². The third-order valence-electron chi connectivity index (χ3n) is 5.87. The summed E-state index contributed by atoms with van der Waals surface area (Å²) in [4.78, 5) is 36.4. The van der Waals surface area contributed by atoms with Gasteiger partial charge in [0.25, 0.3) is 0 Å². The van der Waals surface area contributed by atoms with Crippen LogP contribution in [0.25, 0.3) is 0 Å². The number of hydrogen-bond acceptors (Lipinski definition) is 5. The Bertz CT molecular complexity index is 570. The van der Waals surface area contributed by atoms with Crippen LogP contribution >= 0.6 is 11.8 Å². The van der Waals surface area contributed by atoms with Gasteiger partial charge >= 0.3 is 5.97 Å². The van der Waals surface area contributed by atoms with Crippen LogP contribution in [0.1, 0.15) is 79.1 Å². The maximum atomic E-state index is 12.2. The number of nitrogens with zero attached hydrogens (tertiary/aromatic N) is 1. The van der Waals surface area contributed by atoms with Crippen molar-refractivity contribution in [1.29, 1.82) is 0 Å². The summed E-state index contributed by atoms with van der Waals surface area (Å²) in [6, 6.07) is 0. The van der Waals surface area contributed by atoms with Gasteiger partial charge in [-0.05, 0) is 32.6 Å². The summed E-state index contributed by atoms with van der Waals surface area (Å²) < 4.78 is 0. The molecule has 1 rings (SSSR count). The smallest absolute Gasteiger partial charge is 0.303 e. The molecule has 1 fully saturated rings. The summed E-state index contributed by atoms with van der Waals surface area (Å²) in [5.74, 6) is 0.198. The van der Waals surface area contributed by atoms with E-state index in [1.165, 1.54) is 0 Å². The maximum Gasteiger partial charge on any atom is 0.303 e. The number of carbonyl (C=O) groups is 3. The lowest BCUT2D eigenvalue weighted by Gasteiger charge is -2.49. The molecule has 0 saturated carbocycles. The standard InChI is InChI=1S/C21H39N3O4S/c1-5-24(16(2)25)21(22)17(29-15-20(21,3)4)11-8-9-12-18(26)23-14-10-6-7-13-19(27)28/h17H,5-15,22H2,1-4H3,(H,23,26)(H,27,28)/t17-,21?/m0/s1. The summed E-state index contributed by atoms with van der Waals surface area (Å²) in [6.07, 6.45) is 5.51. The maximum absolute atomic E-state index is 12.2. The van der Waals surface area contributed by atoms with Crippen molar-refractivity contribution in [2.45, 2.75) is 90.0 Å². The first-order chi connectivity index (χ1) is 13.6. The summed E-state index contributed by atoms with van der Waals surface area (Å²) in [6.45, 7) is 9.02. The molecule has 0 spiro atoms. The number of nitrogens with one attached hydrogen (secondary N) is 1. The number of hydrogen-bond donors (Lipinski definition) is 3. The van der Waals surface area contributed by atoms with Gasteiger partial charge in [-0.15, -0.1) is 0 Å². The van der Waals surface area contributed by atoms with Crippen LogP contribution in [0.15, 0.2) is 0 Å². The van der Waals surface area contributed by atoms with E-state index in [1.807, 2.05) is 23.6 Å². The lowest BCUT2D eigenvalue weighted by molar-refractivity contribution is -0.139. The quantitative estimate of drug-likeness (QED) is 0.306. The van der Waals surface area contributed by atoms with Gasteiger partial charge in [-0.2, -0.15) is 11.8 Å². The summed E-state index contributed by atoms with van der Waals surface area (Å²) in [7, 11) is 0. The minimum atomic E-state index is -0.773. The van der Waals surface area contributed by atoms with Crippen LogP contribution < -0.4 is 11.1 Å². The highest BCUT2D eigenvalue weighted by Crippen LogP contribution is 2.50. The van der Waals surface area contributed by atoms with Gasteiger partial charge in [-0.1, -0.05) is 26.7 Å². The molecule has 1 aliphatic rings. The van der Waals surface area contributed by atoms with Gasteiger partial charge in [0.15, 0.2) is 0 Å². The largest absolute Gasteiger partial charge is 0.481 e. The monoisotopic (exact) mass is 429 g/mol. The SMILES string of the molecule is CCN(C(C)=O)C1(N)[C@H](CCCCC(=O)NCCCCCC(=O)O)SCC1(C)C. The minimum Gasteiger partial charge on any atom is -0.481 e. The Morgan fingerprint density at radius 2 is 1.79 bits per heavy atom. The van der Waals surface area contributed by atoms with E-state index < -0.39 is 11.6 Å². The van der Waals surface area contributed by atoms with E-state index in [4.69, 9.17) is 10.8 Å². The molecule has 168 valence electrons. The molecule has 0 aromatic carbocycles. The molecular formula is C21H39N3O4S. The zero-order valence-corrected chi connectivity index (χ0v) is 19.3. The third-order valence-corrected chi connectivity index (χ3v) is 7.76. The number of nitrogens with two attached hydrogens (primary N) is 1. The first-order valence-corrected chi connectivity index (χ1v) is 11.8. The van der Waals surface area contributed by atoms with E-state index >= 15 is 0 Å². The van der Waals surface area contributed by atoms with Crippen LogP contribution in [-0.2, 0) is 14.4 Å².